The van der Waals surface area contributed by atoms with Crippen molar-refractivity contribution in [2.24, 2.45) is 5.41 Å². The minimum Gasteiger partial charge on any atom is -0.271 e. The number of nitrogens with one attached hydrogen (secondary N) is 2. The summed E-state index contributed by atoms with van der Waals surface area (Å²) >= 11 is 1.56. The molecule has 0 aromatic heterocycles. The molecule has 0 unspecified atom stereocenters. The Morgan fingerprint density at radius 1 is 0.667 bits per heavy atom. The van der Waals surface area contributed by atoms with Crippen LogP contribution < -0.4 is 10.9 Å². The van der Waals surface area contributed by atoms with Gasteiger partial charge in [-0.25, -0.2) is 0 Å². The molecule has 0 bridgehead atoms. The van der Waals surface area contributed by atoms with Crippen molar-refractivity contribution in [1.82, 2.24) is 10.9 Å². The van der Waals surface area contributed by atoms with Crippen molar-refractivity contribution in [3.05, 3.63) is 83.9 Å². The second-order valence-electron chi connectivity index (χ2n) is 5.63. The lowest BCUT2D eigenvalue weighted by molar-refractivity contribution is -0.129. The summed E-state index contributed by atoms with van der Waals surface area (Å²) in [5.74, 6) is -0.704. The van der Waals surface area contributed by atoms with E-state index in [4.69, 9.17) is 0 Å². The fraction of sp³-hybridized carbons (Fsp3) is 0.0526. The number of carbonyl (C=O) groups is 2. The third-order valence-electron chi connectivity index (χ3n) is 4.10. The summed E-state index contributed by atoms with van der Waals surface area (Å²) in [6, 6.07) is 19.6. The molecule has 4 rings (SSSR count). The van der Waals surface area contributed by atoms with Gasteiger partial charge in [-0.3, -0.25) is 20.4 Å². The van der Waals surface area contributed by atoms with E-state index in [9.17, 15) is 9.59 Å². The summed E-state index contributed by atoms with van der Waals surface area (Å²) < 4.78 is 0. The Balaban J connectivity index is 1.88. The summed E-state index contributed by atoms with van der Waals surface area (Å²) in [5.41, 5.74) is 5.53. The van der Waals surface area contributed by atoms with Crippen LogP contribution in [0.1, 0.15) is 11.1 Å². The van der Waals surface area contributed by atoms with E-state index in [-0.39, 0.29) is 11.8 Å². The summed E-state index contributed by atoms with van der Waals surface area (Å²) in [7, 11) is 0. The minimum absolute atomic E-state index is 0.352. The van der Waals surface area contributed by atoms with Crippen molar-refractivity contribution < 1.29 is 9.59 Å². The van der Waals surface area contributed by atoms with Crippen LogP contribution in [0.15, 0.2) is 72.8 Å². The van der Waals surface area contributed by atoms with E-state index in [2.05, 4.69) is 10.9 Å². The first kappa shape index (κ1) is 14.8. The van der Waals surface area contributed by atoms with Gasteiger partial charge in [0.2, 0.25) is 0 Å². The van der Waals surface area contributed by atoms with Crippen LogP contribution in [0.25, 0.3) is 9.81 Å². The van der Waals surface area contributed by atoms with Gasteiger partial charge < -0.3 is 0 Å². The first-order valence-corrected chi connectivity index (χ1v) is 8.36. The zero-order valence-corrected chi connectivity index (χ0v) is 13.5. The molecule has 0 saturated carbocycles. The highest BCUT2D eigenvalue weighted by Gasteiger charge is 2.49. The van der Waals surface area contributed by atoms with Gasteiger partial charge in [-0.15, -0.1) is 0 Å². The highest BCUT2D eigenvalue weighted by atomic mass is 32.2. The van der Waals surface area contributed by atoms with Gasteiger partial charge in [0.1, 0.15) is 0 Å². The molecule has 0 atom stereocenters. The van der Waals surface area contributed by atoms with Gasteiger partial charge in [-0.05, 0) is 23.3 Å². The van der Waals surface area contributed by atoms with E-state index in [0.29, 0.717) is 0 Å². The standard InChI is InChI=1S/C19H14N2O2S/c22-17-19(18(23)21-20-17)11-15(13-7-3-1-4-8-13)24-16(12-19)14-9-5-2-6-10-14/h1-12H,(H,20,22)(H,21,23). The van der Waals surface area contributed by atoms with Gasteiger partial charge in [0.25, 0.3) is 11.8 Å². The zero-order chi connectivity index (χ0) is 16.6. The van der Waals surface area contributed by atoms with E-state index in [1.165, 1.54) is 0 Å². The normalized spacial score (nSPS) is 18.7. The highest BCUT2D eigenvalue weighted by molar-refractivity contribution is 8.16. The van der Waals surface area contributed by atoms with E-state index in [0.717, 1.165) is 20.9 Å². The maximum Gasteiger partial charge on any atom is 0.262 e. The molecule has 4 nitrogen and oxygen atoms in total. The molecule has 1 saturated heterocycles. The minimum atomic E-state index is -1.30. The van der Waals surface area contributed by atoms with E-state index >= 15 is 0 Å². The van der Waals surface area contributed by atoms with Crippen molar-refractivity contribution in [2.45, 2.75) is 0 Å². The van der Waals surface area contributed by atoms with E-state index in [1.54, 1.807) is 23.9 Å². The van der Waals surface area contributed by atoms with Crippen molar-refractivity contribution >= 4 is 33.4 Å². The lowest BCUT2D eigenvalue weighted by Crippen LogP contribution is -2.33. The predicted molar refractivity (Wildman–Crippen MR) is 95.1 cm³/mol. The molecule has 2 aliphatic rings. The third kappa shape index (κ3) is 2.34. The Kier molecular flexibility index (Phi) is 3.50. The van der Waals surface area contributed by atoms with Crippen LogP contribution in [0.4, 0.5) is 0 Å². The molecule has 0 radical (unpaired) electrons. The topological polar surface area (TPSA) is 58.2 Å². The van der Waals surface area contributed by atoms with E-state index < -0.39 is 5.41 Å². The van der Waals surface area contributed by atoms with Crippen LogP contribution in [0.5, 0.6) is 0 Å². The average molecular weight is 334 g/mol. The molecule has 0 aliphatic carbocycles. The first-order chi connectivity index (χ1) is 11.7. The Morgan fingerprint density at radius 3 is 1.50 bits per heavy atom. The molecule has 2 aliphatic heterocycles. The number of amides is 2. The van der Waals surface area contributed by atoms with Crippen LogP contribution in [0, 0.1) is 5.41 Å². The summed E-state index contributed by atoms with van der Waals surface area (Å²) in [6.45, 7) is 0. The number of hydrogen-bond donors (Lipinski definition) is 2. The molecule has 5 heteroatoms. The average Bonchev–Trinajstić information content (AvgIpc) is 2.91. The number of rotatable bonds is 2. The number of hydrazine groups is 1. The molecule has 1 spiro atoms. The number of carbonyl (C=O) groups excluding carboxylic acids is 2. The monoisotopic (exact) mass is 334 g/mol. The van der Waals surface area contributed by atoms with Crippen LogP contribution in [0.2, 0.25) is 0 Å². The van der Waals surface area contributed by atoms with Crippen LogP contribution in [-0.2, 0) is 9.59 Å². The smallest absolute Gasteiger partial charge is 0.262 e. The number of benzene rings is 2. The molecule has 118 valence electrons. The second kappa shape index (κ2) is 5.69. The second-order valence-corrected chi connectivity index (χ2v) is 6.71. The van der Waals surface area contributed by atoms with Crippen LogP contribution in [0.3, 0.4) is 0 Å². The molecule has 2 amide bonds. The molecular weight excluding hydrogens is 320 g/mol. The molecule has 1 fully saturated rings. The summed E-state index contributed by atoms with van der Waals surface area (Å²) in [5, 5.41) is 0. The van der Waals surface area contributed by atoms with Gasteiger partial charge in [-0.1, -0.05) is 72.4 Å². The van der Waals surface area contributed by atoms with Gasteiger partial charge in [0.05, 0.1) is 0 Å². The number of thioether (sulfide) groups is 1. The van der Waals surface area contributed by atoms with Crippen molar-refractivity contribution in [1.29, 1.82) is 0 Å². The van der Waals surface area contributed by atoms with Crippen molar-refractivity contribution in [3.8, 4) is 0 Å². The van der Waals surface area contributed by atoms with Crippen LogP contribution in [-0.4, -0.2) is 11.8 Å². The molecule has 2 heterocycles. The summed E-state index contributed by atoms with van der Waals surface area (Å²) in [6.07, 6.45) is 3.49. The van der Waals surface area contributed by atoms with Crippen LogP contribution >= 0.6 is 11.8 Å². The molecule has 24 heavy (non-hydrogen) atoms. The quantitative estimate of drug-likeness (QED) is 0.830. The fourth-order valence-electron chi connectivity index (χ4n) is 2.81. The first-order valence-electron chi connectivity index (χ1n) is 7.54. The maximum atomic E-state index is 12.4. The fourth-order valence-corrected chi connectivity index (χ4v) is 4.04. The lowest BCUT2D eigenvalue weighted by atomic mass is 9.84. The molecular formula is C19H14N2O2S. The maximum absolute atomic E-state index is 12.4. The molecule has 2 N–H and O–H groups in total. The Bertz CT molecular complexity index is 799. The van der Waals surface area contributed by atoms with Gasteiger partial charge >= 0.3 is 0 Å². The van der Waals surface area contributed by atoms with Crippen molar-refractivity contribution in [2.75, 3.05) is 0 Å². The van der Waals surface area contributed by atoms with Gasteiger partial charge in [0.15, 0.2) is 5.41 Å². The largest absolute Gasteiger partial charge is 0.271 e. The third-order valence-corrected chi connectivity index (χ3v) is 5.24. The SMILES string of the molecule is O=C1NNC(=O)C12C=C(c1ccccc1)SC(c1ccccc1)=C2. The molecule has 2 aromatic rings. The van der Waals surface area contributed by atoms with E-state index in [1.807, 2.05) is 60.7 Å². The van der Waals surface area contributed by atoms with Gasteiger partial charge in [-0.2, -0.15) is 0 Å². The molecule has 2 aromatic carbocycles. The lowest BCUT2D eigenvalue weighted by Gasteiger charge is -2.25. The Hall–Kier alpha value is -2.79. The Morgan fingerprint density at radius 2 is 1.08 bits per heavy atom. The Labute approximate surface area is 143 Å². The zero-order valence-electron chi connectivity index (χ0n) is 12.7. The summed E-state index contributed by atoms with van der Waals surface area (Å²) in [4.78, 5) is 26.6. The van der Waals surface area contributed by atoms with Gasteiger partial charge in [0, 0.05) is 9.81 Å². The highest BCUT2D eigenvalue weighted by Crippen LogP contribution is 2.48. The number of hydrogen-bond acceptors (Lipinski definition) is 3. The predicted octanol–water partition coefficient (Wildman–Crippen LogP) is 2.96. The van der Waals surface area contributed by atoms with Crippen molar-refractivity contribution in [3.63, 3.8) is 0 Å².